The molecule has 2 N–H and O–H groups in total. The molecule has 1 aromatic rings. The van der Waals surface area contributed by atoms with Crippen LogP contribution in [0, 0.1) is 20.8 Å². The number of carbonyl (C=O) groups is 1. The number of phenolic OH excluding ortho intramolecular Hbond substituents is 1. The van der Waals surface area contributed by atoms with E-state index in [1.807, 2.05) is 6.92 Å². The van der Waals surface area contributed by atoms with E-state index in [0.29, 0.717) is 34.6 Å². The predicted molar refractivity (Wildman–Crippen MR) is 65.9 cm³/mol. The lowest BCUT2D eigenvalue weighted by Gasteiger charge is -2.20. The summed E-state index contributed by atoms with van der Waals surface area (Å²) < 4.78 is 0. The third-order valence-corrected chi connectivity index (χ3v) is 4.39. The first-order valence-electron chi connectivity index (χ1n) is 5.55. The summed E-state index contributed by atoms with van der Waals surface area (Å²) >= 11 is 6.19. The van der Waals surface area contributed by atoms with E-state index in [4.69, 9.17) is 11.6 Å². The number of aliphatic carboxylic acids is 1. The maximum Gasteiger partial charge on any atom is 0.314 e. The maximum atomic E-state index is 11.3. The fraction of sp³-hybridized carbons (Fsp3) is 0.462. The molecular formula is C13H15ClO3. The van der Waals surface area contributed by atoms with Gasteiger partial charge in [-0.15, -0.1) is 0 Å². The summed E-state index contributed by atoms with van der Waals surface area (Å²) in [5.41, 5.74) is 1.75. The van der Waals surface area contributed by atoms with E-state index in [-0.39, 0.29) is 5.75 Å². The molecule has 0 aromatic heterocycles. The molecule has 2 rings (SSSR count). The summed E-state index contributed by atoms with van der Waals surface area (Å²) in [6.07, 6.45) is 1.13. The number of benzene rings is 1. The van der Waals surface area contributed by atoms with Gasteiger partial charge in [0.25, 0.3) is 0 Å². The maximum absolute atomic E-state index is 11.3. The number of hydrogen-bond acceptors (Lipinski definition) is 2. The van der Waals surface area contributed by atoms with Gasteiger partial charge in [-0.1, -0.05) is 11.6 Å². The van der Waals surface area contributed by atoms with Crippen LogP contribution >= 0.6 is 11.6 Å². The van der Waals surface area contributed by atoms with Gasteiger partial charge < -0.3 is 10.2 Å². The van der Waals surface area contributed by atoms with E-state index in [1.54, 1.807) is 13.8 Å². The number of phenols is 1. The van der Waals surface area contributed by atoms with Gasteiger partial charge in [0.1, 0.15) is 5.75 Å². The molecule has 1 aromatic carbocycles. The average Bonchev–Trinajstić information content (AvgIpc) is 3.05. The first kappa shape index (κ1) is 12.2. The van der Waals surface area contributed by atoms with Crippen LogP contribution in [0.25, 0.3) is 0 Å². The second-order valence-corrected chi connectivity index (χ2v) is 5.18. The Bertz CT molecular complexity index is 487. The SMILES string of the molecule is Cc1c(C)c(Cl)c(C)c(C2(C(=O)O)CC2)c1O. The molecule has 0 aliphatic heterocycles. The Morgan fingerprint density at radius 2 is 1.71 bits per heavy atom. The van der Waals surface area contributed by atoms with E-state index in [9.17, 15) is 15.0 Å². The summed E-state index contributed by atoms with van der Waals surface area (Å²) in [5.74, 6) is -0.792. The lowest BCUT2D eigenvalue weighted by molar-refractivity contribution is -0.140. The first-order chi connectivity index (χ1) is 7.83. The van der Waals surface area contributed by atoms with Gasteiger partial charge in [0.15, 0.2) is 0 Å². The second-order valence-electron chi connectivity index (χ2n) is 4.80. The van der Waals surface area contributed by atoms with Gasteiger partial charge in [0.05, 0.1) is 5.41 Å². The highest BCUT2D eigenvalue weighted by Gasteiger charge is 2.54. The molecule has 1 saturated carbocycles. The third kappa shape index (κ3) is 1.53. The Kier molecular flexibility index (Phi) is 2.62. The van der Waals surface area contributed by atoms with Gasteiger partial charge in [0, 0.05) is 10.6 Å². The van der Waals surface area contributed by atoms with Crippen LogP contribution in [0.15, 0.2) is 0 Å². The molecule has 0 saturated heterocycles. The Balaban J connectivity index is 2.76. The molecule has 3 nitrogen and oxygen atoms in total. The molecule has 1 aliphatic rings. The van der Waals surface area contributed by atoms with E-state index < -0.39 is 11.4 Å². The highest BCUT2D eigenvalue weighted by Crippen LogP contribution is 2.54. The zero-order chi connectivity index (χ0) is 13.0. The van der Waals surface area contributed by atoms with Crippen molar-refractivity contribution in [3.05, 3.63) is 27.3 Å². The van der Waals surface area contributed by atoms with Gasteiger partial charge in [-0.3, -0.25) is 4.79 Å². The quantitative estimate of drug-likeness (QED) is 0.853. The molecule has 1 fully saturated rings. The topological polar surface area (TPSA) is 57.5 Å². The molecular weight excluding hydrogens is 240 g/mol. The zero-order valence-electron chi connectivity index (χ0n) is 10.1. The van der Waals surface area contributed by atoms with Crippen molar-refractivity contribution in [2.45, 2.75) is 39.0 Å². The summed E-state index contributed by atoms with van der Waals surface area (Å²) in [6, 6.07) is 0. The Hall–Kier alpha value is -1.22. The normalized spacial score (nSPS) is 16.9. The monoisotopic (exact) mass is 254 g/mol. The number of halogens is 1. The molecule has 92 valence electrons. The summed E-state index contributed by atoms with van der Waals surface area (Å²) in [6.45, 7) is 5.36. The Labute approximate surface area is 105 Å². The van der Waals surface area contributed by atoms with E-state index >= 15 is 0 Å². The number of carboxylic acid groups (broad SMARTS) is 1. The first-order valence-corrected chi connectivity index (χ1v) is 5.93. The van der Waals surface area contributed by atoms with Crippen molar-refractivity contribution in [1.82, 2.24) is 0 Å². The minimum absolute atomic E-state index is 0.0873. The minimum Gasteiger partial charge on any atom is -0.507 e. The van der Waals surface area contributed by atoms with Crippen molar-refractivity contribution in [1.29, 1.82) is 0 Å². The van der Waals surface area contributed by atoms with Crippen molar-refractivity contribution < 1.29 is 15.0 Å². The largest absolute Gasteiger partial charge is 0.507 e. The third-order valence-electron chi connectivity index (χ3n) is 3.83. The molecule has 0 atom stereocenters. The van der Waals surface area contributed by atoms with Gasteiger partial charge in [0.2, 0.25) is 0 Å². The van der Waals surface area contributed by atoms with E-state index in [2.05, 4.69) is 0 Å². The zero-order valence-corrected chi connectivity index (χ0v) is 10.9. The van der Waals surface area contributed by atoms with Crippen LogP contribution < -0.4 is 0 Å². The fourth-order valence-electron chi connectivity index (χ4n) is 2.38. The van der Waals surface area contributed by atoms with Crippen LogP contribution in [0.3, 0.4) is 0 Å². The molecule has 0 heterocycles. The minimum atomic E-state index is -0.920. The highest BCUT2D eigenvalue weighted by molar-refractivity contribution is 6.32. The summed E-state index contributed by atoms with van der Waals surface area (Å²) in [4.78, 5) is 11.3. The van der Waals surface area contributed by atoms with Crippen molar-refractivity contribution in [3.8, 4) is 5.75 Å². The Morgan fingerprint density at radius 3 is 2.12 bits per heavy atom. The highest BCUT2D eigenvalue weighted by atomic mass is 35.5. The van der Waals surface area contributed by atoms with Crippen molar-refractivity contribution in [2.75, 3.05) is 0 Å². The van der Waals surface area contributed by atoms with Crippen molar-refractivity contribution >= 4 is 17.6 Å². The van der Waals surface area contributed by atoms with Gasteiger partial charge >= 0.3 is 5.97 Å². The molecule has 0 bridgehead atoms. The smallest absolute Gasteiger partial charge is 0.314 e. The van der Waals surface area contributed by atoms with Crippen molar-refractivity contribution in [2.24, 2.45) is 0 Å². The predicted octanol–water partition coefficient (Wildman–Crippen LogP) is 3.09. The summed E-state index contributed by atoms with van der Waals surface area (Å²) in [5, 5.41) is 20.0. The molecule has 17 heavy (non-hydrogen) atoms. The number of hydrogen-bond donors (Lipinski definition) is 2. The number of rotatable bonds is 2. The van der Waals surface area contributed by atoms with Crippen LogP contribution in [0.2, 0.25) is 5.02 Å². The molecule has 0 spiro atoms. The van der Waals surface area contributed by atoms with Crippen LogP contribution in [0.4, 0.5) is 0 Å². The van der Waals surface area contributed by atoms with Gasteiger partial charge in [-0.05, 0) is 50.3 Å². The number of aromatic hydroxyl groups is 1. The molecule has 4 heteroatoms. The van der Waals surface area contributed by atoms with Crippen LogP contribution in [-0.4, -0.2) is 16.2 Å². The molecule has 0 radical (unpaired) electrons. The van der Waals surface area contributed by atoms with E-state index in [1.165, 1.54) is 0 Å². The van der Waals surface area contributed by atoms with Crippen LogP contribution in [0.1, 0.15) is 35.1 Å². The second kappa shape index (κ2) is 3.64. The van der Waals surface area contributed by atoms with Gasteiger partial charge in [-0.25, -0.2) is 0 Å². The standard InChI is InChI=1S/C13H15ClO3/c1-6-7(2)11(15)9(8(3)10(6)14)13(4-5-13)12(16)17/h15H,4-5H2,1-3H3,(H,16,17). The molecule has 1 aliphatic carbocycles. The van der Waals surface area contributed by atoms with Gasteiger partial charge in [-0.2, -0.15) is 0 Å². The van der Waals surface area contributed by atoms with E-state index in [0.717, 1.165) is 5.56 Å². The lowest BCUT2D eigenvalue weighted by Crippen LogP contribution is -2.21. The molecule has 0 amide bonds. The van der Waals surface area contributed by atoms with Crippen LogP contribution in [-0.2, 0) is 10.2 Å². The lowest BCUT2D eigenvalue weighted by atomic mass is 9.87. The fourth-order valence-corrected chi connectivity index (χ4v) is 2.62. The average molecular weight is 255 g/mol. The molecule has 0 unspecified atom stereocenters. The summed E-state index contributed by atoms with van der Waals surface area (Å²) in [7, 11) is 0. The van der Waals surface area contributed by atoms with Crippen LogP contribution in [0.5, 0.6) is 5.75 Å². The van der Waals surface area contributed by atoms with Crippen molar-refractivity contribution in [3.63, 3.8) is 0 Å². The Morgan fingerprint density at radius 1 is 1.18 bits per heavy atom. The number of carboxylic acids is 1.